The normalized spacial score (nSPS) is 10.8. The summed E-state index contributed by atoms with van der Waals surface area (Å²) in [4.78, 5) is 24.4. The number of ether oxygens (including phenoxy) is 3. The third-order valence-corrected chi connectivity index (χ3v) is 4.98. The predicted molar refractivity (Wildman–Crippen MR) is 117 cm³/mol. The first-order valence-corrected chi connectivity index (χ1v) is 10.1. The molecule has 164 valence electrons. The Hall–Kier alpha value is -4.00. The van der Waals surface area contributed by atoms with Crippen LogP contribution in [0, 0.1) is 6.92 Å². The van der Waals surface area contributed by atoms with Gasteiger partial charge < -0.3 is 23.0 Å². The van der Waals surface area contributed by atoms with E-state index in [0.717, 1.165) is 5.56 Å². The van der Waals surface area contributed by atoms with Crippen LogP contribution in [0.25, 0.3) is 22.3 Å². The minimum atomic E-state index is -0.549. The van der Waals surface area contributed by atoms with Gasteiger partial charge in [-0.1, -0.05) is 30.3 Å². The van der Waals surface area contributed by atoms with Gasteiger partial charge in [0.25, 0.3) is 0 Å². The van der Waals surface area contributed by atoms with Crippen LogP contribution < -0.4 is 4.74 Å². The molecule has 0 spiro atoms. The molecule has 4 rings (SSSR count). The van der Waals surface area contributed by atoms with Crippen molar-refractivity contribution in [1.29, 1.82) is 0 Å². The number of furan rings is 2. The molecule has 2 aromatic carbocycles. The first kappa shape index (κ1) is 21.2. The molecule has 0 fully saturated rings. The van der Waals surface area contributed by atoms with Crippen molar-refractivity contribution in [3.05, 3.63) is 77.2 Å². The van der Waals surface area contributed by atoms with Crippen LogP contribution in [0.3, 0.4) is 0 Å². The van der Waals surface area contributed by atoms with Crippen LogP contribution >= 0.6 is 0 Å². The highest BCUT2D eigenvalue weighted by molar-refractivity contribution is 6.09. The van der Waals surface area contributed by atoms with Gasteiger partial charge in [0.1, 0.15) is 35.0 Å². The molecule has 0 aliphatic heterocycles. The number of hydrogen-bond donors (Lipinski definition) is 0. The third-order valence-electron chi connectivity index (χ3n) is 4.98. The summed E-state index contributed by atoms with van der Waals surface area (Å²) in [6.07, 6.45) is 0. The van der Waals surface area contributed by atoms with Crippen LogP contribution in [-0.2, 0) is 16.1 Å². The molecule has 0 N–H and O–H groups in total. The highest BCUT2D eigenvalue weighted by Crippen LogP contribution is 2.36. The molecule has 7 nitrogen and oxygen atoms in total. The van der Waals surface area contributed by atoms with E-state index in [0.29, 0.717) is 39.4 Å². The molecule has 0 saturated heterocycles. The summed E-state index contributed by atoms with van der Waals surface area (Å²) in [5.41, 5.74) is 2.39. The molecular formula is C25H22O7. The molecule has 2 aromatic heterocycles. The van der Waals surface area contributed by atoms with E-state index in [2.05, 4.69) is 4.74 Å². The van der Waals surface area contributed by atoms with Crippen LogP contribution in [0.15, 0.2) is 63.4 Å². The number of esters is 2. The maximum absolute atomic E-state index is 12.8. The van der Waals surface area contributed by atoms with Crippen LogP contribution in [-0.4, -0.2) is 25.7 Å². The van der Waals surface area contributed by atoms with E-state index in [-0.39, 0.29) is 19.0 Å². The number of hydrogen-bond acceptors (Lipinski definition) is 7. The second-order valence-electron chi connectivity index (χ2n) is 7.02. The minimum Gasteiger partial charge on any atom is -0.489 e. The van der Waals surface area contributed by atoms with E-state index in [1.165, 1.54) is 7.11 Å². The number of rotatable bonds is 7. The van der Waals surface area contributed by atoms with Crippen molar-refractivity contribution < 1.29 is 32.6 Å². The first-order valence-electron chi connectivity index (χ1n) is 10.1. The van der Waals surface area contributed by atoms with Crippen molar-refractivity contribution in [2.45, 2.75) is 20.5 Å². The third kappa shape index (κ3) is 4.09. The lowest BCUT2D eigenvalue weighted by Gasteiger charge is -2.06. The Morgan fingerprint density at radius 3 is 2.47 bits per heavy atom. The zero-order chi connectivity index (χ0) is 22.7. The Bertz CT molecular complexity index is 1260. The Kier molecular flexibility index (Phi) is 5.98. The summed E-state index contributed by atoms with van der Waals surface area (Å²) in [5.74, 6) is 0.648. The highest BCUT2D eigenvalue weighted by Gasteiger charge is 2.24. The summed E-state index contributed by atoms with van der Waals surface area (Å²) in [7, 11) is 1.29. The van der Waals surface area contributed by atoms with E-state index >= 15 is 0 Å². The summed E-state index contributed by atoms with van der Waals surface area (Å²) >= 11 is 0. The largest absolute Gasteiger partial charge is 0.489 e. The van der Waals surface area contributed by atoms with E-state index in [4.69, 9.17) is 18.3 Å². The number of fused-ring (bicyclic) bond motifs is 1. The van der Waals surface area contributed by atoms with E-state index in [1.807, 2.05) is 30.3 Å². The Morgan fingerprint density at radius 2 is 1.75 bits per heavy atom. The molecule has 0 atom stereocenters. The van der Waals surface area contributed by atoms with Crippen molar-refractivity contribution in [2.75, 3.05) is 13.7 Å². The lowest BCUT2D eigenvalue weighted by molar-refractivity contribution is 0.0526. The zero-order valence-electron chi connectivity index (χ0n) is 18.0. The van der Waals surface area contributed by atoms with Gasteiger partial charge in [0.05, 0.1) is 13.7 Å². The molecule has 32 heavy (non-hydrogen) atoms. The van der Waals surface area contributed by atoms with Gasteiger partial charge in [-0.2, -0.15) is 0 Å². The van der Waals surface area contributed by atoms with Gasteiger partial charge in [0.15, 0.2) is 0 Å². The quantitative estimate of drug-likeness (QED) is 0.353. The summed E-state index contributed by atoms with van der Waals surface area (Å²) in [5, 5.41) is 0.596. The molecule has 0 unspecified atom stereocenters. The van der Waals surface area contributed by atoms with Crippen molar-refractivity contribution in [3.63, 3.8) is 0 Å². The van der Waals surface area contributed by atoms with Crippen LogP contribution in [0.5, 0.6) is 5.75 Å². The summed E-state index contributed by atoms with van der Waals surface area (Å²) < 4.78 is 27.3. The molecule has 4 aromatic rings. The number of aryl methyl sites for hydroxylation is 1. The zero-order valence-corrected chi connectivity index (χ0v) is 18.0. The van der Waals surface area contributed by atoms with Crippen molar-refractivity contribution in [1.82, 2.24) is 0 Å². The van der Waals surface area contributed by atoms with Gasteiger partial charge in [0, 0.05) is 16.5 Å². The second-order valence-corrected chi connectivity index (χ2v) is 7.02. The van der Waals surface area contributed by atoms with Crippen molar-refractivity contribution in [2.24, 2.45) is 0 Å². The van der Waals surface area contributed by atoms with Crippen LogP contribution in [0.2, 0.25) is 0 Å². The molecule has 0 amide bonds. The molecule has 0 saturated carbocycles. The summed E-state index contributed by atoms with van der Waals surface area (Å²) in [6, 6.07) is 16.2. The van der Waals surface area contributed by atoms with Gasteiger partial charge in [-0.25, -0.2) is 9.59 Å². The average molecular weight is 434 g/mol. The van der Waals surface area contributed by atoms with E-state index in [1.54, 1.807) is 38.1 Å². The standard InChI is InChI=1S/C25H22O7/c1-4-29-25(27)22-19-13-18(30-14-17-12-21(24(26)28-3)31-15(17)2)10-11-20(19)32-23(22)16-8-6-5-7-9-16/h5-13H,4,14H2,1-3H3. The molecule has 0 radical (unpaired) electrons. The van der Waals surface area contributed by atoms with Gasteiger partial charge in [-0.3, -0.25) is 0 Å². The SMILES string of the molecule is CCOC(=O)c1c(-c2ccccc2)oc2ccc(OCc3cc(C(=O)OC)oc3C)cc12. The molecule has 7 heteroatoms. The number of carbonyl (C=O) groups excluding carboxylic acids is 2. The fraction of sp³-hybridized carbons (Fsp3) is 0.200. The smallest absolute Gasteiger partial charge is 0.373 e. The fourth-order valence-electron chi connectivity index (χ4n) is 3.39. The topological polar surface area (TPSA) is 88.1 Å². The van der Waals surface area contributed by atoms with Crippen molar-refractivity contribution in [3.8, 4) is 17.1 Å². The van der Waals surface area contributed by atoms with Crippen LogP contribution in [0.1, 0.15) is 39.2 Å². The fourth-order valence-corrected chi connectivity index (χ4v) is 3.39. The Balaban J connectivity index is 1.68. The lowest BCUT2D eigenvalue weighted by atomic mass is 10.1. The molecular weight excluding hydrogens is 412 g/mol. The Morgan fingerprint density at radius 1 is 0.969 bits per heavy atom. The monoisotopic (exact) mass is 434 g/mol. The van der Waals surface area contributed by atoms with Crippen LogP contribution in [0.4, 0.5) is 0 Å². The van der Waals surface area contributed by atoms with E-state index in [9.17, 15) is 9.59 Å². The summed E-state index contributed by atoms with van der Waals surface area (Å²) in [6.45, 7) is 3.93. The average Bonchev–Trinajstić information content (AvgIpc) is 3.38. The van der Waals surface area contributed by atoms with Gasteiger partial charge in [0.2, 0.25) is 5.76 Å². The number of carbonyl (C=O) groups is 2. The Labute approximate surface area is 184 Å². The van der Waals surface area contributed by atoms with Gasteiger partial charge in [-0.05, 0) is 38.1 Å². The molecule has 0 aliphatic rings. The van der Waals surface area contributed by atoms with E-state index < -0.39 is 11.9 Å². The maximum Gasteiger partial charge on any atom is 0.373 e. The number of methoxy groups -OCH3 is 1. The second kappa shape index (κ2) is 9.01. The molecule has 0 bridgehead atoms. The maximum atomic E-state index is 12.8. The lowest BCUT2D eigenvalue weighted by Crippen LogP contribution is -2.05. The van der Waals surface area contributed by atoms with Gasteiger partial charge >= 0.3 is 11.9 Å². The molecule has 0 aliphatic carbocycles. The predicted octanol–water partition coefficient (Wildman–Crippen LogP) is 5.54. The van der Waals surface area contributed by atoms with Crippen molar-refractivity contribution >= 4 is 22.9 Å². The number of benzene rings is 2. The van der Waals surface area contributed by atoms with Gasteiger partial charge in [-0.15, -0.1) is 0 Å². The molecule has 2 heterocycles. The first-order chi connectivity index (χ1) is 15.5. The minimum absolute atomic E-state index is 0.117. The highest BCUT2D eigenvalue weighted by atomic mass is 16.5.